The van der Waals surface area contributed by atoms with Gasteiger partial charge >= 0.3 is 0 Å². The summed E-state index contributed by atoms with van der Waals surface area (Å²) >= 11 is 6.65. The van der Waals surface area contributed by atoms with Gasteiger partial charge < -0.3 is 15.5 Å². The molecule has 1 fully saturated rings. The topological polar surface area (TPSA) is 52.5 Å². The molecule has 2 rings (SSSR count). The molecule has 0 saturated heterocycles. The summed E-state index contributed by atoms with van der Waals surface area (Å²) in [5, 5.41) is 22.7. The third-order valence-corrected chi connectivity index (χ3v) is 4.53. The van der Waals surface area contributed by atoms with E-state index in [9.17, 15) is 10.2 Å². The van der Waals surface area contributed by atoms with Gasteiger partial charge in [0.2, 0.25) is 0 Å². The Balaban J connectivity index is 1.94. The molecular formula is C13H17Br2NO2. The van der Waals surface area contributed by atoms with Gasteiger partial charge in [-0.05, 0) is 75.2 Å². The number of nitrogens with one attached hydrogen (secondary N) is 1. The predicted molar refractivity (Wildman–Crippen MR) is 78.6 cm³/mol. The van der Waals surface area contributed by atoms with Gasteiger partial charge in [-0.3, -0.25) is 0 Å². The predicted octanol–water partition coefficient (Wildman–Crippen LogP) is 3.31. The van der Waals surface area contributed by atoms with E-state index in [2.05, 4.69) is 37.2 Å². The van der Waals surface area contributed by atoms with E-state index in [1.165, 1.54) is 0 Å². The van der Waals surface area contributed by atoms with Gasteiger partial charge in [-0.2, -0.15) is 0 Å². The Kier molecular flexibility index (Phi) is 5.06. The normalized spacial score (nSPS) is 24.2. The Morgan fingerprint density at radius 1 is 1.22 bits per heavy atom. The van der Waals surface area contributed by atoms with Crippen LogP contribution in [0, 0.1) is 0 Å². The van der Waals surface area contributed by atoms with Crippen LogP contribution in [0.4, 0.5) is 0 Å². The van der Waals surface area contributed by atoms with Crippen LogP contribution in [0.5, 0.6) is 5.75 Å². The zero-order valence-electron chi connectivity index (χ0n) is 10.00. The molecule has 0 aliphatic heterocycles. The van der Waals surface area contributed by atoms with Crippen molar-refractivity contribution in [1.82, 2.24) is 5.32 Å². The maximum Gasteiger partial charge on any atom is 0.143 e. The first-order chi connectivity index (χ1) is 8.56. The van der Waals surface area contributed by atoms with E-state index in [0.717, 1.165) is 37.8 Å². The van der Waals surface area contributed by atoms with E-state index in [0.29, 0.717) is 15.0 Å². The van der Waals surface area contributed by atoms with E-state index in [-0.39, 0.29) is 11.9 Å². The molecule has 1 aliphatic rings. The van der Waals surface area contributed by atoms with E-state index in [1.54, 1.807) is 0 Å². The van der Waals surface area contributed by atoms with Crippen LogP contribution in [0.3, 0.4) is 0 Å². The lowest BCUT2D eigenvalue weighted by Gasteiger charge is -2.26. The van der Waals surface area contributed by atoms with Crippen molar-refractivity contribution in [1.29, 1.82) is 0 Å². The van der Waals surface area contributed by atoms with Crippen LogP contribution in [0.25, 0.3) is 0 Å². The molecule has 3 nitrogen and oxygen atoms in total. The Labute approximate surface area is 124 Å². The summed E-state index contributed by atoms with van der Waals surface area (Å²) in [6.45, 7) is 0.745. The van der Waals surface area contributed by atoms with Crippen molar-refractivity contribution in [3.63, 3.8) is 0 Å². The molecule has 100 valence electrons. The number of aromatic hydroxyl groups is 1. The van der Waals surface area contributed by atoms with Gasteiger partial charge in [0.15, 0.2) is 0 Å². The van der Waals surface area contributed by atoms with Crippen LogP contribution < -0.4 is 5.32 Å². The average molecular weight is 379 g/mol. The molecular weight excluding hydrogens is 362 g/mol. The summed E-state index contributed by atoms with van der Waals surface area (Å²) in [5.41, 5.74) is 1.10. The van der Waals surface area contributed by atoms with Crippen LogP contribution in [-0.4, -0.2) is 22.4 Å². The molecule has 1 aromatic carbocycles. The first-order valence-corrected chi connectivity index (χ1v) is 7.73. The van der Waals surface area contributed by atoms with Crippen LogP contribution in [-0.2, 0) is 6.54 Å². The van der Waals surface area contributed by atoms with Gasteiger partial charge in [0.1, 0.15) is 5.75 Å². The number of phenols is 1. The molecule has 3 N–H and O–H groups in total. The first-order valence-electron chi connectivity index (χ1n) is 6.14. The molecule has 0 radical (unpaired) electrons. The van der Waals surface area contributed by atoms with Crippen LogP contribution in [0.15, 0.2) is 21.1 Å². The highest BCUT2D eigenvalue weighted by Crippen LogP contribution is 2.33. The lowest BCUT2D eigenvalue weighted by atomic mass is 9.93. The minimum absolute atomic E-state index is 0.158. The molecule has 0 bridgehead atoms. The quantitative estimate of drug-likeness (QED) is 0.756. The Hall–Kier alpha value is -0.100. The minimum Gasteiger partial charge on any atom is -0.506 e. The zero-order valence-corrected chi connectivity index (χ0v) is 13.2. The zero-order chi connectivity index (χ0) is 13.1. The standard InChI is InChI=1S/C13H17Br2NO2/c14-11-4-8(5-12(15)13(11)18)7-16-9-2-1-3-10(17)6-9/h4-5,9-10,16-18H,1-3,6-7H2. The smallest absolute Gasteiger partial charge is 0.143 e. The summed E-state index contributed by atoms with van der Waals surface area (Å²) in [6, 6.07) is 4.21. The number of hydrogen-bond donors (Lipinski definition) is 3. The number of benzene rings is 1. The fourth-order valence-corrected chi connectivity index (χ4v) is 3.61. The van der Waals surface area contributed by atoms with Crippen LogP contribution in [0.1, 0.15) is 31.2 Å². The fourth-order valence-electron chi connectivity index (χ4n) is 2.33. The molecule has 0 amide bonds. The van der Waals surface area contributed by atoms with E-state index in [4.69, 9.17) is 0 Å². The third kappa shape index (κ3) is 3.70. The van der Waals surface area contributed by atoms with Gasteiger partial charge in [-0.1, -0.05) is 0 Å². The molecule has 2 unspecified atom stereocenters. The van der Waals surface area contributed by atoms with Crippen molar-refractivity contribution in [2.24, 2.45) is 0 Å². The summed E-state index contributed by atoms with van der Waals surface area (Å²) in [5.74, 6) is 0.229. The van der Waals surface area contributed by atoms with Crippen molar-refractivity contribution < 1.29 is 10.2 Å². The lowest BCUT2D eigenvalue weighted by molar-refractivity contribution is 0.111. The van der Waals surface area contributed by atoms with Crippen LogP contribution >= 0.6 is 31.9 Å². The Morgan fingerprint density at radius 2 is 1.89 bits per heavy atom. The van der Waals surface area contributed by atoms with E-state index >= 15 is 0 Å². The average Bonchev–Trinajstić information content (AvgIpc) is 2.33. The minimum atomic E-state index is -0.158. The number of rotatable bonds is 3. The molecule has 2 atom stereocenters. The maximum atomic E-state index is 9.64. The van der Waals surface area contributed by atoms with Gasteiger partial charge in [0.05, 0.1) is 15.0 Å². The second kappa shape index (κ2) is 6.37. The lowest BCUT2D eigenvalue weighted by Crippen LogP contribution is -2.35. The fraction of sp³-hybridized carbons (Fsp3) is 0.538. The summed E-state index contributed by atoms with van der Waals surface area (Å²) in [7, 11) is 0. The van der Waals surface area contributed by atoms with Crippen molar-refractivity contribution in [2.45, 2.75) is 44.4 Å². The molecule has 18 heavy (non-hydrogen) atoms. The summed E-state index contributed by atoms with van der Waals surface area (Å²) in [6.07, 6.45) is 3.81. The van der Waals surface area contributed by atoms with Crippen molar-refractivity contribution in [3.8, 4) is 5.75 Å². The van der Waals surface area contributed by atoms with Crippen molar-refractivity contribution in [3.05, 3.63) is 26.6 Å². The first kappa shape index (κ1) is 14.3. The molecule has 1 saturated carbocycles. The van der Waals surface area contributed by atoms with Gasteiger partial charge in [-0.25, -0.2) is 0 Å². The Morgan fingerprint density at radius 3 is 2.50 bits per heavy atom. The third-order valence-electron chi connectivity index (χ3n) is 3.32. The highest BCUT2D eigenvalue weighted by atomic mass is 79.9. The maximum absolute atomic E-state index is 9.64. The largest absolute Gasteiger partial charge is 0.506 e. The summed E-state index contributed by atoms with van der Waals surface area (Å²) < 4.78 is 1.38. The van der Waals surface area contributed by atoms with E-state index < -0.39 is 0 Å². The number of phenolic OH excluding ortho intramolecular Hbond substituents is 1. The van der Waals surface area contributed by atoms with Crippen LogP contribution in [0.2, 0.25) is 0 Å². The number of aliphatic hydroxyl groups excluding tert-OH is 1. The SMILES string of the molecule is Oc1c(Br)cc(CNC2CCCC(O)C2)cc1Br. The number of hydrogen-bond acceptors (Lipinski definition) is 3. The monoisotopic (exact) mass is 377 g/mol. The van der Waals surface area contributed by atoms with Gasteiger partial charge in [0, 0.05) is 12.6 Å². The molecule has 1 aromatic rings. The molecule has 1 aliphatic carbocycles. The number of halogens is 2. The molecule has 5 heteroatoms. The Bertz CT molecular complexity index is 402. The molecule has 0 heterocycles. The van der Waals surface area contributed by atoms with E-state index in [1.807, 2.05) is 12.1 Å². The molecule has 0 spiro atoms. The highest BCUT2D eigenvalue weighted by Gasteiger charge is 2.19. The second-order valence-electron chi connectivity index (χ2n) is 4.81. The molecule has 0 aromatic heterocycles. The highest BCUT2D eigenvalue weighted by molar-refractivity contribution is 9.11. The van der Waals surface area contributed by atoms with Gasteiger partial charge in [-0.15, -0.1) is 0 Å². The second-order valence-corrected chi connectivity index (χ2v) is 6.51. The number of aliphatic hydroxyl groups is 1. The summed E-state index contributed by atoms with van der Waals surface area (Å²) in [4.78, 5) is 0. The van der Waals surface area contributed by atoms with Crippen molar-refractivity contribution in [2.75, 3.05) is 0 Å². The van der Waals surface area contributed by atoms with Crippen molar-refractivity contribution >= 4 is 31.9 Å². The van der Waals surface area contributed by atoms with Gasteiger partial charge in [0.25, 0.3) is 0 Å².